The number of furan rings is 1. The van der Waals surface area contributed by atoms with Crippen LogP contribution in [0.15, 0.2) is 39.4 Å². The number of carbonyl (C=O) groups excluding carboxylic acids is 1. The number of rotatable bonds is 4. The Hall–Kier alpha value is -1.46. The van der Waals surface area contributed by atoms with Gasteiger partial charge in [-0.15, -0.1) is 0 Å². The zero-order valence-corrected chi connectivity index (χ0v) is 12.5. The number of halogens is 2. The Morgan fingerprint density at radius 2 is 2.16 bits per heavy atom. The van der Waals surface area contributed by atoms with Crippen LogP contribution in [0, 0.1) is 0 Å². The van der Waals surface area contributed by atoms with Gasteiger partial charge in [0.25, 0.3) is 5.91 Å². The lowest BCUT2D eigenvalue weighted by molar-refractivity contribution is 0.0963. The van der Waals surface area contributed by atoms with Crippen molar-refractivity contribution in [3.63, 3.8) is 0 Å². The molecule has 4 nitrogen and oxygen atoms in total. The summed E-state index contributed by atoms with van der Waals surface area (Å²) < 4.78 is 6.05. The second-order valence-corrected chi connectivity index (χ2v) is 5.02. The third-order valence-electron chi connectivity index (χ3n) is 2.54. The van der Waals surface area contributed by atoms with Crippen molar-refractivity contribution in [2.75, 3.05) is 12.4 Å². The van der Waals surface area contributed by atoms with Gasteiger partial charge in [-0.25, -0.2) is 0 Å². The van der Waals surface area contributed by atoms with Crippen LogP contribution in [0.3, 0.4) is 0 Å². The Bertz CT molecular complexity index is 598. The van der Waals surface area contributed by atoms with Gasteiger partial charge in [0.15, 0.2) is 4.67 Å². The summed E-state index contributed by atoms with van der Waals surface area (Å²) in [5.41, 5.74) is 1.24. The van der Waals surface area contributed by atoms with Crippen molar-refractivity contribution in [2.45, 2.75) is 6.54 Å². The quantitative estimate of drug-likeness (QED) is 0.890. The highest BCUT2D eigenvalue weighted by molar-refractivity contribution is 9.10. The number of anilines is 1. The first-order valence-electron chi connectivity index (χ1n) is 5.60. The first kappa shape index (κ1) is 14.0. The van der Waals surface area contributed by atoms with Gasteiger partial charge >= 0.3 is 0 Å². The van der Waals surface area contributed by atoms with Gasteiger partial charge in [0.1, 0.15) is 5.76 Å². The molecule has 1 heterocycles. The lowest BCUT2D eigenvalue weighted by Gasteiger charge is -2.09. The lowest BCUT2D eigenvalue weighted by atomic mass is 10.2. The highest BCUT2D eigenvalue weighted by Crippen LogP contribution is 2.24. The average Bonchev–Trinajstić information content (AvgIpc) is 2.82. The molecule has 0 bridgehead atoms. The van der Waals surface area contributed by atoms with E-state index in [0.717, 1.165) is 5.76 Å². The third kappa shape index (κ3) is 3.52. The topological polar surface area (TPSA) is 54.3 Å². The number of nitrogens with one attached hydrogen (secondary N) is 2. The van der Waals surface area contributed by atoms with E-state index in [1.165, 1.54) is 0 Å². The smallest absolute Gasteiger partial charge is 0.251 e. The van der Waals surface area contributed by atoms with Crippen molar-refractivity contribution in [1.82, 2.24) is 5.32 Å². The minimum Gasteiger partial charge on any atom is -0.452 e. The Labute approximate surface area is 124 Å². The Kier molecular flexibility index (Phi) is 4.50. The van der Waals surface area contributed by atoms with E-state index < -0.39 is 0 Å². The molecule has 1 aromatic heterocycles. The molecule has 0 atom stereocenters. The van der Waals surface area contributed by atoms with Crippen LogP contribution in [0.5, 0.6) is 0 Å². The number of hydrogen-bond acceptors (Lipinski definition) is 3. The maximum Gasteiger partial charge on any atom is 0.251 e. The van der Waals surface area contributed by atoms with Crippen LogP contribution in [0.1, 0.15) is 16.1 Å². The molecule has 0 fully saturated rings. The molecule has 6 heteroatoms. The van der Waals surface area contributed by atoms with Gasteiger partial charge in [0.05, 0.1) is 17.3 Å². The molecule has 2 N–H and O–H groups in total. The van der Waals surface area contributed by atoms with Crippen LogP contribution in [0.25, 0.3) is 0 Å². The molecule has 0 saturated heterocycles. The van der Waals surface area contributed by atoms with Crippen LogP contribution in [0.2, 0.25) is 5.02 Å². The fourth-order valence-corrected chi connectivity index (χ4v) is 2.10. The number of carbonyl (C=O) groups is 1. The monoisotopic (exact) mass is 342 g/mol. The zero-order chi connectivity index (χ0) is 13.8. The van der Waals surface area contributed by atoms with Gasteiger partial charge in [0.2, 0.25) is 0 Å². The van der Waals surface area contributed by atoms with Crippen molar-refractivity contribution in [1.29, 1.82) is 0 Å². The summed E-state index contributed by atoms with van der Waals surface area (Å²) in [6.45, 7) is 0.489. The minimum atomic E-state index is -0.152. The van der Waals surface area contributed by atoms with Crippen molar-refractivity contribution in [2.24, 2.45) is 0 Å². The van der Waals surface area contributed by atoms with E-state index in [1.54, 1.807) is 25.2 Å². The van der Waals surface area contributed by atoms with E-state index in [4.69, 9.17) is 16.0 Å². The standard InChI is InChI=1S/C13H12BrClN2O2/c1-16-13(18)8-2-4-10(15)11(6-8)17-7-9-3-5-12(14)19-9/h2-6,17H,7H2,1H3,(H,16,18). The Morgan fingerprint density at radius 1 is 1.37 bits per heavy atom. The van der Waals surface area contributed by atoms with Gasteiger partial charge in [-0.1, -0.05) is 11.6 Å². The van der Waals surface area contributed by atoms with Crippen molar-refractivity contribution in [3.05, 3.63) is 51.3 Å². The summed E-state index contributed by atoms with van der Waals surface area (Å²) in [6.07, 6.45) is 0. The maximum absolute atomic E-state index is 11.5. The molecular formula is C13H12BrClN2O2. The molecule has 100 valence electrons. The van der Waals surface area contributed by atoms with E-state index in [9.17, 15) is 4.79 Å². The van der Waals surface area contributed by atoms with Crippen LogP contribution >= 0.6 is 27.5 Å². The second kappa shape index (κ2) is 6.12. The summed E-state index contributed by atoms with van der Waals surface area (Å²) in [6, 6.07) is 8.74. The van der Waals surface area contributed by atoms with Crippen molar-refractivity contribution >= 4 is 39.1 Å². The molecule has 2 aromatic rings. The van der Waals surface area contributed by atoms with Crippen LogP contribution in [-0.2, 0) is 6.54 Å². The summed E-state index contributed by atoms with van der Waals surface area (Å²) in [4.78, 5) is 11.5. The molecule has 1 amide bonds. The molecule has 1 aromatic carbocycles. The molecule has 0 aliphatic rings. The SMILES string of the molecule is CNC(=O)c1ccc(Cl)c(NCc2ccc(Br)o2)c1. The maximum atomic E-state index is 11.5. The van der Waals surface area contributed by atoms with Crippen LogP contribution < -0.4 is 10.6 Å². The predicted octanol–water partition coefficient (Wildman–Crippen LogP) is 3.67. The molecular weight excluding hydrogens is 332 g/mol. The second-order valence-electron chi connectivity index (χ2n) is 3.83. The van der Waals surface area contributed by atoms with E-state index in [-0.39, 0.29) is 5.91 Å². The molecule has 2 rings (SSSR count). The number of amides is 1. The molecule has 0 aliphatic heterocycles. The van der Waals surface area contributed by atoms with E-state index in [2.05, 4.69) is 26.6 Å². The average molecular weight is 344 g/mol. The highest BCUT2D eigenvalue weighted by atomic mass is 79.9. The molecule has 0 unspecified atom stereocenters. The summed E-state index contributed by atoms with van der Waals surface area (Å²) >= 11 is 9.32. The predicted molar refractivity (Wildman–Crippen MR) is 78.6 cm³/mol. The molecule has 0 aliphatic carbocycles. The number of benzene rings is 1. The van der Waals surface area contributed by atoms with Gasteiger partial charge in [-0.05, 0) is 46.3 Å². The van der Waals surface area contributed by atoms with Crippen LogP contribution in [-0.4, -0.2) is 13.0 Å². The van der Waals surface area contributed by atoms with Gasteiger partial charge < -0.3 is 15.1 Å². The first-order valence-corrected chi connectivity index (χ1v) is 6.77. The molecule has 0 spiro atoms. The summed E-state index contributed by atoms with van der Waals surface area (Å²) in [5, 5.41) is 6.26. The molecule has 0 radical (unpaired) electrons. The summed E-state index contributed by atoms with van der Waals surface area (Å²) in [5.74, 6) is 0.619. The minimum absolute atomic E-state index is 0.152. The first-order chi connectivity index (χ1) is 9.10. The van der Waals surface area contributed by atoms with Gasteiger partial charge in [-0.2, -0.15) is 0 Å². The third-order valence-corrected chi connectivity index (χ3v) is 3.29. The van der Waals surface area contributed by atoms with Crippen molar-refractivity contribution in [3.8, 4) is 0 Å². The van der Waals surface area contributed by atoms with Gasteiger partial charge in [-0.3, -0.25) is 4.79 Å². The number of hydrogen-bond donors (Lipinski definition) is 2. The Morgan fingerprint density at radius 3 is 2.79 bits per heavy atom. The van der Waals surface area contributed by atoms with Gasteiger partial charge in [0, 0.05) is 12.6 Å². The molecule has 0 saturated carbocycles. The molecule has 19 heavy (non-hydrogen) atoms. The van der Waals surface area contributed by atoms with E-state index in [0.29, 0.717) is 27.5 Å². The van der Waals surface area contributed by atoms with E-state index in [1.807, 2.05) is 12.1 Å². The lowest BCUT2D eigenvalue weighted by Crippen LogP contribution is -2.17. The fraction of sp³-hybridized carbons (Fsp3) is 0.154. The van der Waals surface area contributed by atoms with Crippen molar-refractivity contribution < 1.29 is 9.21 Å². The van der Waals surface area contributed by atoms with E-state index >= 15 is 0 Å². The summed E-state index contributed by atoms with van der Waals surface area (Å²) in [7, 11) is 1.59. The largest absolute Gasteiger partial charge is 0.452 e. The zero-order valence-electron chi connectivity index (χ0n) is 10.2. The normalized spacial score (nSPS) is 10.3. The Balaban J connectivity index is 2.12. The van der Waals surface area contributed by atoms with Crippen LogP contribution in [0.4, 0.5) is 5.69 Å². The fourth-order valence-electron chi connectivity index (χ4n) is 1.58. The highest BCUT2D eigenvalue weighted by Gasteiger charge is 2.08.